The van der Waals surface area contributed by atoms with Crippen molar-refractivity contribution in [1.29, 1.82) is 5.26 Å². The number of halogens is 1. The molecular formula is C19H15FN6O3. The van der Waals surface area contributed by atoms with Crippen LogP contribution in [0.25, 0.3) is 11.4 Å². The molecular weight excluding hydrogens is 379 g/mol. The van der Waals surface area contributed by atoms with Crippen LogP contribution >= 0.6 is 0 Å². The van der Waals surface area contributed by atoms with Gasteiger partial charge in [-0.3, -0.25) is 9.59 Å². The molecule has 0 atom stereocenters. The van der Waals surface area contributed by atoms with Crippen LogP contribution in [-0.2, 0) is 16.0 Å². The molecule has 0 bridgehead atoms. The lowest BCUT2D eigenvalue weighted by molar-refractivity contribution is -0.136. The first-order chi connectivity index (χ1) is 14.0. The Morgan fingerprint density at radius 1 is 1.14 bits per heavy atom. The number of hydrogen-bond donors (Lipinski definition) is 2. The molecule has 2 N–H and O–H groups in total. The Morgan fingerprint density at radius 2 is 1.93 bits per heavy atom. The summed E-state index contributed by atoms with van der Waals surface area (Å²) in [7, 11) is 0. The van der Waals surface area contributed by atoms with E-state index in [1.807, 2.05) is 6.07 Å². The molecule has 0 aliphatic heterocycles. The van der Waals surface area contributed by atoms with E-state index in [0.717, 1.165) is 0 Å². The molecule has 0 saturated heterocycles. The Labute approximate surface area is 164 Å². The molecule has 2 heterocycles. The smallest absolute Gasteiger partial charge is 0.314 e. The molecule has 0 saturated carbocycles. The summed E-state index contributed by atoms with van der Waals surface area (Å²) in [6.07, 6.45) is 2.16. The van der Waals surface area contributed by atoms with E-state index in [4.69, 9.17) is 9.78 Å². The highest BCUT2D eigenvalue weighted by molar-refractivity contribution is 6.39. The first kappa shape index (κ1) is 19.6. The van der Waals surface area contributed by atoms with Gasteiger partial charge < -0.3 is 15.2 Å². The Kier molecular flexibility index (Phi) is 6.22. The van der Waals surface area contributed by atoms with E-state index < -0.39 is 11.8 Å². The highest BCUT2D eigenvalue weighted by atomic mass is 19.1. The van der Waals surface area contributed by atoms with E-state index in [1.165, 1.54) is 30.5 Å². The maximum Gasteiger partial charge on any atom is 0.314 e. The molecule has 1 aromatic carbocycles. The zero-order chi connectivity index (χ0) is 20.6. The molecule has 29 heavy (non-hydrogen) atoms. The van der Waals surface area contributed by atoms with Crippen molar-refractivity contribution in [3.63, 3.8) is 0 Å². The summed E-state index contributed by atoms with van der Waals surface area (Å²) in [6.45, 7) is 0.224. The highest BCUT2D eigenvalue weighted by Crippen LogP contribution is 2.16. The molecule has 0 spiro atoms. The minimum absolute atomic E-state index is 0.170. The van der Waals surface area contributed by atoms with E-state index in [9.17, 15) is 14.0 Å². The Bertz CT molecular complexity index is 1040. The number of benzene rings is 1. The van der Waals surface area contributed by atoms with Gasteiger partial charge in [0.05, 0.1) is 5.56 Å². The molecule has 2 aromatic heterocycles. The van der Waals surface area contributed by atoms with Gasteiger partial charge in [-0.05, 0) is 42.8 Å². The summed E-state index contributed by atoms with van der Waals surface area (Å²) in [6, 6.07) is 10.5. The number of nitrogens with one attached hydrogen (secondary N) is 2. The predicted octanol–water partition coefficient (Wildman–Crippen LogP) is 1.83. The Balaban J connectivity index is 1.41. The molecule has 0 radical (unpaired) electrons. The third kappa shape index (κ3) is 5.43. The fourth-order valence-corrected chi connectivity index (χ4v) is 2.30. The Morgan fingerprint density at radius 3 is 2.62 bits per heavy atom. The summed E-state index contributed by atoms with van der Waals surface area (Å²) in [5, 5.41) is 17.3. The van der Waals surface area contributed by atoms with Crippen molar-refractivity contribution >= 4 is 17.6 Å². The first-order valence-electron chi connectivity index (χ1n) is 8.59. The quantitative estimate of drug-likeness (QED) is 0.481. The standard InChI is InChI=1S/C19H15FN6O3/c20-14-6-4-13(5-7-14)17-25-16(29-26-17)2-1-9-22-18(27)19(28)24-15-8-3-12(10-21)11-23-15/h3-8,11H,1-2,9H2,(H,22,27)(H,23,24,28). The minimum atomic E-state index is -0.862. The number of pyridine rings is 1. The molecule has 0 unspecified atom stereocenters. The van der Waals surface area contributed by atoms with Crippen LogP contribution in [0.2, 0.25) is 0 Å². The predicted molar refractivity (Wildman–Crippen MR) is 98.6 cm³/mol. The largest absolute Gasteiger partial charge is 0.348 e. The topological polar surface area (TPSA) is 134 Å². The van der Waals surface area contributed by atoms with Gasteiger partial charge in [-0.15, -0.1) is 0 Å². The second kappa shape index (κ2) is 9.18. The van der Waals surface area contributed by atoms with Gasteiger partial charge >= 0.3 is 11.8 Å². The van der Waals surface area contributed by atoms with Gasteiger partial charge in [0.15, 0.2) is 0 Å². The molecule has 0 aliphatic carbocycles. The number of carbonyl (C=O) groups excluding carboxylic acids is 2. The minimum Gasteiger partial charge on any atom is -0.348 e. The fourth-order valence-electron chi connectivity index (χ4n) is 2.30. The monoisotopic (exact) mass is 394 g/mol. The number of aryl methyl sites for hydroxylation is 1. The van der Waals surface area contributed by atoms with Gasteiger partial charge in [0.1, 0.15) is 17.7 Å². The SMILES string of the molecule is N#Cc1ccc(NC(=O)C(=O)NCCCc2nc(-c3ccc(F)cc3)no2)nc1. The molecule has 9 nitrogen and oxygen atoms in total. The number of rotatable bonds is 6. The van der Waals surface area contributed by atoms with Crippen LogP contribution in [-0.4, -0.2) is 33.5 Å². The van der Waals surface area contributed by atoms with Crippen LogP contribution < -0.4 is 10.6 Å². The second-order valence-electron chi connectivity index (χ2n) is 5.88. The molecule has 3 rings (SSSR count). The maximum absolute atomic E-state index is 12.9. The van der Waals surface area contributed by atoms with Gasteiger partial charge in [-0.2, -0.15) is 10.2 Å². The number of nitriles is 1. The van der Waals surface area contributed by atoms with Crippen LogP contribution in [0.3, 0.4) is 0 Å². The van der Waals surface area contributed by atoms with E-state index in [2.05, 4.69) is 25.8 Å². The first-order valence-corrected chi connectivity index (χ1v) is 8.59. The normalized spacial score (nSPS) is 10.2. The average molecular weight is 394 g/mol. The van der Waals surface area contributed by atoms with Crippen LogP contribution in [0.4, 0.5) is 10.2 Å². The average Bonchev–Trinajstić information content (AvgIpc) is 3.21. The van der Waals surface area contributed by atoms with Crippen molar-refractivity contribution in [1.82, 2.24) is 20.4 Å². The van der Waals surface area contributed by atoms with Gasteiger partial charge in [-0.1, -0.05) is 5.16 Å². The van der Waals surface area contributed by atoms with E-state index >= 15 is 0 Å². The van der Waals surface area contributed by atoms with Crippen molar-refractivity contribution in [2.24, 2.45) is 0 Å². The van der Waals surface area contributed by atoms with E-state index in [-0.39, 0.29) is 18.2 Å². The fraction of sp³-hybridized carbons (Fsp3) is 0.158. The van der Waals surface area contributed by atoms with Crippen molar-refractivity contribution < 1.29 is 18.5 Å². The van der Waals surface area contributed by atoms with Gasteiger partial charge in [0.2, 0.25) is 11.7 Å². The van der Waals surface area contributed by atoms with Crippen LogP contribution in [0.1, 0.15) is 17.9 Å². The maximum atomic E-state index is 12.9. The Hall–Kier alpha value is -4.13. The van der Waals surface area contributed by atoms with Crippen LogP contribution in [0.15, 0.2) is 47.1 Å². The summed E-state index contributed by atoms with van der Waals surface area (Å²) in [4.78, 5) is 31.7. The number of amides is 2. The molecule has 0 aliphatic rings. The lowest BCUT2D eigenvalue weighted by Gasteiger charge is -2.05. The van der Waals surface area contributed by atoms with E-state index in [0.29, 0.717) is 35.7 Å². The number of carbonyl (C=O) groups is 2. The third-order valence-electron chi connectivity index (χ3n) is 3.76. The van der Waals surface area contributed by atoms with Gasteiger partial charge in [0, 0.05) is 24.7 Å². The van der Waals surface area contributed by atoms with Crippen molar-refractivity contribution in [3.8, 4) is 17.5 Å². The number of hydrogen-bond acceptors (Lipinski definition) is 7. The molecule has 146 valence electrons. The van der Waals surface area contributed by atoms with Crippen molar-refractivity contribution in [3.05, 3.63) is 59.9 Å². The number of aromatic nitrogens is 3. The molecule has 0 fully saturated rings. The number of anilines is 1. The summed E-state index contributed by atoms with van der Waals surface area (Å²) in [5.41, 5.74) is 0.971. The summed E-state index contributed by atoms with van der Waals surface area (Å²) >= 11 is 0. The van der Waals surface area contributed by atoms with Crippen molar-refractivity contribution in [2.75, 3.05) is 11.9 Å². The molecule has 2 amide bonds. The van der Waals surface area contributed by atoms with Gasteiger partial charge in [-0.25, -0.2) is 9.37 Å². The second-order valence-corrected chi connectivity index (χ2v) is 5.88. The number of nitrogens with zero attached hydrogens (tertiary/aromatic N) is 4. The zero-order valence-corrected chi connectivity index (χ0v) is 15.1. The zero-order valence-electron chi connectivity index (χ0n) is 15.1. The van der Waals surface area contributed by atoms with Crippen LogP contribution in [0, 0.1) is 17.1 Å². The lowest BCUT2D eigenvalue weighted by atomic mass is 10.2. The summed E-state index contributed by atoms with van der Waals surface area (Å²) < 4.78 is 18.1. The highest BCUT2D eigenvalue weighted by Gasteiger charge is 2.14. The van der Waals surface area contributed by atoms with Gasteiger partial charge in [0.25, 0.3) is 0 Å². The molecule has 3 aromatic rings. The summed E-state index contributed by atoms with van der Waals surface area (Å²) in [5.74, 6) is -1.15. The van der Waals surface area contributed by atoms with E-state index in [1.54, 1.807) is 12.1 Å². The van der Waals surface area contributed by atoms with Crippen LogP contribution in [0.5, 0.6) is 0 Å². The third-order valence-corrected chi connectivity index (χ3v) is 3.76. The lowest BCUT2D eigenvalue weighted by Crippen LogP contribution is -2.36. The molecule has 10 heteroatoms. The van der Waals surface area contributed by atoms with Crippen molar-refractivity contribution in [2.45, 2.75) is 12.8 Å².